The van der Waals surface area contributed by atoms with Crippen LogP contribution in [0.4, 0.5) is 5.13 Å². The number of rotatable bonds is 2. The number of hydrogen-bond acceptors (Lipinski definition) is 5. The number of anilines is 1. The van der Waals surface area contributed by atoms with Crippen molar-refractivity contribution in [3.63, 3.8) is 0 Å². The van der Waals surface area contributed by atoms with Gasteiger partial charge in [0.15, 0.2) is 0 Å². The fourth-order valence-electron chi connectivity index (χ4n) is 2.14. The van der Waals surface area contributed by atoms with Crippen molar-refractivity contribution in [1.29, 1.82) is 0 Å². The molecule has 0 unspecified atom stereocenters. The molecule has 5 nitrogen and oxygen atoms in total. The summed E-state index contributed by atoms with van der Waals surface area (Å²) in [6.45, 7) is 1.74. The maximum atomic E-state index is 12.2. The summed E-state index contributed by atoms with van der Waals surface area (Å²) in [5.74, 6) is -0.106. The standard InChI is InChI=1S/C12H12N4OS/c17-11(15-12-16-14-7-18-12)10-3-1-2-8-6-13-5-4-9(8)10/h1-3,7,13H,4-6H2,(H,15,16,17). The van der Waals surface area contributed by atoms with Gasteiger partial charge in [-0.05, 0) is 30.2 Å². The molecule has 0 radical (unpaired) electrons. The SMILES string of the molecule is O=C(Nc1nncs1)c1cccc2c1CCNC2. The highest BCUT2D eigenvalue weighted by molar-refractivity contribution is 7.13. The number of carbonyl (C=O) groups excluding carboxylic acids is 1. The predicted octanol–water partition coefficient (Wildman–Crippen LogP) is 1.44. The van der Waals surface area contributed by atoms with Gasteiger partial charge in [-0.2, -0.15) is 0 Å². The van der Waals surface area contributed by atoms with Crippen molar-refractivity contribution in [3.8, 4) is 0 Å². The summed E-state index contributed by atoms with van der Waals surface area (Å²) in [6, 6.07) is 5.84. The molecule has 1 aliphatic heterocycles. The number of fused-ring (bicyclic) bond motifs is 1. The minimum absolute atomic E-state index is 0.106. The van der Waals surface area contributed by atoms with Crippen molar-refractivity contribution in [2.45, 2.75) is 13.0 Å². The summed E-state index contributed by atoms with van der Waals surface area (Å²) in [7, 11) is 0. The van der Waals surface area contributed by atoms with Crippen molar-refractivity contribution in [3.05, 3.63) is 40.4 Å². The number of amides is 1. The van der Waals surface area contributed by atoms with Crippen LogP contribution in [-0.2, 0) is 13.0 Å². The van der Waals surface area contributed by atoms with Crippen LogP contribution in [-0.4, -0.2) is 22.6 Å². The zero-order valence-corrected chi connectivity index (χ0v) is 10.5. The van der Waals surface area contributed by atoms with Gasteiger partial charge in [-0.3, -0.25) is 10.1 Å². The predicted molar refractivity (Wildman–Crippen MR) is 69.7 cm³/mol. The van der Waals surface area contributed by atoms with E-state index in [4.69, 9.17) is 0 Å². The lowest BCUT2D eigenvalue weighted by Crippen LogP contribution is -2.26. The van der Waals surface area contributed by atoms with Crippen molar-refractivity contribution in [1.82, 2.24) is 15.5 Å². The lowest BCUT2D eigenvalue weighted by atomic mass is 9.95. The van der Waals surface area contributed by atoms with E-state index in [0.717, 1.165) is 30.6 Å². The summed E-state index contributed by atoms with van der Waals surface area (Å²) in [5, 5.41) is 14.1. The molecular formula is C12H12N4OS. The number of aromatic nitrogens is 2. The van der Waals surface area contributed by atoms with Crippen LogP contribution in [0.5, 0.6) is 0 Å². The van der Waals surface area contributed by atoms with Gasteiger partial charge in [0.25, 0.3) is 5.91 Å². The number of hydrogen-bond donors (Lipinski definition) is 2. The van der Waals surface area contributed by atoms with Gasteiger partial charge in [0, 0.05) is 12.1 Å². The highest BCUT2D eigenvalue weighted by atomic mass is 32.1. The Bertz CT molecular complexity index is 567. The molecular weight excluding hydrogens is 248 g/mol. The molecule has 1 amide bonds. The van der Waals surface area contributed by atoms with Crippen LogP contribution in [0.3, 0.4) is 0 Å². The first-order chi connectivity index (χ1) is 8.84. The van der Waals surface area contributed by atoms with E-state index in [9.17, 15) is 4.79 Å². The molecule has 2 heterocycles. The second kappa shape index (κ2) is 4.83. The van der Waals surface area contributed by atoms with Gasteiger partial charge in [-0.15, -0.1) is 10.2 Å². The maximum absolute atomic E-state index is 12.2. The van der Waals surface area contributed by atoms with Gasteiger partial charge in [0.2, 0.25) is 5.13 Å². The zero-order chi connectivity index (χ0) is 12.4. The third kappa shape index (κ3) is 2.12. The monoisotopic (exact) mass is 260 g/mol. The van der Waals surface area contributed by atoms with E-state index in [2.05, 4.69) is 26.9 Å². The van der Waals surface area contributed by atoms with Crippen molar-refractivity contribution >= 4 is 22.4 Å². The molecule has 18 heavy (non-hydrogen) atoms. The molecule has 0 saturated heterocycles. The van der Waals surface area contributed by atoms with E-state index in [1.165, 1.54) is 16.9 Å². The van der Waals surface area contributed by atoms with Gasteiger partial charge in [-0.1, -0.05) is 23.5 Å². The van der Waals surface area contributed by atoms with Gasteiger partial charge in [0.1, 0.15) is 5.51 Å². The topological polar surface area (TPSA) is 66.9 Å². The Morgan fingerprint density at radius 2 is 2.39 bits per heavy atom. The minimum atomic E-state index is -0.106. The molecule has 1 aromatic heterocycles. The molecule has 2 aromatic rings. The molecule has 2 N–H and O–H groups in total. The minimum Gasteiger partial charge on any atom is -0.312 e. The van der Waals surface area contributed by atoms with Crippen LogP contribution in [0.15, 0.2) is 23.7 Å². The molecule has 0 bridgehead atoms. The lowest BCUT2D eigenvalue weighted by molar-refractivity contribution is 0.102. The second-order valence-electron chi connectivity index (χ2n) is 4.07. The molecule has 0 saturated carbocycles. The van der Waals surface area contributed by atoms with Gasteiger partial charge in [0.05, 0.1) is 0 Å². The molecule has 0 aliphatic carbocycles. The maximum Gasteiger partial charge on any atom is 0.257 e. The quantitative estimate of drug-likeness (QED) is 0.857. The van der Waals surface area contributed by atoms with Crippen molar-refractivity contribution in [2.24, 2.45) is 0 Å². The summed E-state index contributed by atoms with van der Waals surface area (Å²) < 4.78 is 0. The highest BCUT2D eigenvalue weighted by Gasteiger charge is 2.17. The molecule has 0 fully saturated rings. The van der Waals surface area contributed by atoms with Crippen LogP contribution in [0.25, 0.3) is 0 Å². The Morgan fingerprint density at radius 1 is 1.44 bits per heavy atom. The molecule has 1 aromatic carbocycles. The number of nitrogens with zero attached hydrogens (tertiary/aromatic N) is 2. The Balaban J connectivity index is 1.89. The Morgan fingerprint density at radius 3 is 3.22 bits per heavy atom. The molecule has 6 heteroatoms. The Hall–Kier alpha value is -1.79. The van der Waals surface area contributed by atoms with Crippen LogP contribution in [0, 0.1) is 0 Å². The van der Waals surface area contributed by atoms with Crippen LogP contribution < -0.4 is 10.6 Å². The van der Waals surface area contributed by atoms with E-state index in [1.807, 2.05) is 12.1 Å². The average Bonchev–Trinajstić information content (AvgIpc) is 2.91. The van der Waals surface area contributed by atoms with Crippen molar-refractivity contribution in [2.75, 3.05) is 11.9 Å². The third-order valence-corrected chi connectivity index (χ3v) is 3.57. The molecule has 0 spiro atoms. The van der Waals surface area contributed by atoms with Gasteiger partial charge in [-0.25, -0.2) is 0 Å². The first kappa shape index (κ1) is 11.3. The van der Waals surface area contributed by atoms with Gasteiger partial charge < -0.3 is 5.32 Å². The van der Waals surface area contributed by atoms with Gasteiger partial charge >= 0.3 is 0 Å². The fraction of sp³-hybridized carbons (Fsp3) is 0.250. The average molecular weight is 260 g/mol. The van der Waals surface area contributed by atoms with Crippen molar-refractivity contribution < 1.29 is 4.79 Å². The number of carbonyl (C=O) groups is 1. The third-order valence-electron chi connectivity index (χ3n) is 2.97. The van der Waals surface area contributed by atoms with E-state index < -0.39 is 0 Å². The Kier molecular flexibility index (Phi) is 3.04. The van der Waals surface area contributed by atoms with Crippen LogP contribution in [0.2, 0.25) is 0 Å². The smallest absolute Gasteiger partial charge is 0.257 e. The van der Waals surface area contributed by atoms with E-state index in [0.29, 0.717) is 5.13 Å². The summed E-state index contributed by atoms with van der Waals surface area (Å²) in [6.07, 6.45) is 0.884. The second-order valence-corrected chi connectivity index (χ2v) is 4.90. The largest absolute Gasteiger partial charge is 0.312 e. The molecule has 1 aliphatic rings. The molecule has 0 atom stereocenters. The molecule has 92 valence electrons. The van der Waals surface area contributed by atoms with E-state index in [-0.39, 0.29) is 5.91 Å². The summed E-state index contributed by atoms with van der Waals surface area (Å²) >= 11 is 1.32. The lowest BCUT2D eigenvalue weighted by Gasteiger charge is -2.19. The van der Waals surface area contributed by atoms with E-state index in [1.54, 1.807) is 5.51 Å². The summed E-state index contributed by atoms with van der Waals surface area (Å²) in [5.41, 5.74) is 4.67. The normalized spacial score (nSPS) is 14.0. The van der Waals surface area contributed by atoms with Crippen LogP contribution in [0.1, 0.15) is 21.5 Å². The summed E-state index contributed by atoms with van der Waals surface area (Å²) in [4.78, 5) is 12.2. The number of nitrogens with one attached hydrogen (secondary N) is 2. The van der Waals surface area contributed by atoms with E-state index >= 15 is 0 Å². The first-order valence-electron chi connectivity index (χ1n) is 5.73. The van der Waals surface area contributed by atoms with Crippen LogP contribution >= 0.6 is 11.3 Å². The first-order valence-corrected chi connectivity index (χ1v) is 6.61. The Labute approximate surface area is 108 Å². The molecule has 3 rings (SSSR count). The zero-order valence-electron chi connectivity index (χ0n) is 9.64. The fourth-order valence-corrected chi connectivity index (χ4v) is 2.58. The number of benzene rings is 1. The highest BCUT2D eigenvalue weighted by Crippen LogP contribution is 2.20.